The van der Waals surface area contributed by atoms with E-state index in [0.717, 1.165) is 12.8 Å². The number of carbonyl (C=O) groups is 2. The molecule has 0 aromatic rings. The molecular weight excluding hydrogens is 280 g/mol. The Balaban J connectivity index is 0.00000172. The summed E-state index contributed by atoms with van der Waals surface area (Å²) in [6, 6.07) is 0.105. The third kappa shape index (κ3) is 6.46. The van der Waals surface area contributed by atoms with Crippen molar-refractivity contribution in [3.8, 4) is 0 Å². The van der Waals surface area contributed by atoms with Gasteiger partial charge in [-0.05, 0) is 45.2 Å². The summed E-state index contributed by atoms with van der Waals surface area (Å²) in [4.78, 5) is 26.1. The largest absolute Gasteiger partial charge is 0.444 e. The van der Waals surface area contributed by atoms with Gasteiger partial charge in [0, 0.05) is 26.2 Å². The predicted molar refractivity (Wildman–Crippen MR) is 81.2 cm³/mol. The van der Waals surface area contributed by atoms with Crippen molar-refractivity contribution in [2.75, 3.05) is 20.1 Å². The molecule has 0 spiro atoms. The first-order valence-corrected chi connectivity index (χ1v) is 7.49. The van der Waals surface area contributed by atoms with Crippen LogP contribution < -0.4 is 0 Å². The summed E-state index contributed by atoms with van der Waals surface area (Å²) in [5.41, 5.74) is -0.475. The van der Waals surface area contributed by atoms with Crippen molar-refractivity contribution in [1.82, 2.24) is 9.80 Å². The fourth-order valence-electron chi connectivity index (χ4n) is 1.91. The number of piperidine rings is 1. The Morgan fingerprint density at radius 3 is 2.00 bits per heavy atom. The summed E-state index contributed by atoms with van der Waals surface area (Å²) in [6.07, 6.45) is 1.17. The van der Waals surface area contributed by atoms with Gasteiger partial charge in [0.25, 0.3) is 0 Å². The maximum Gasteiger partial charge on any atom is 0.410 e. The number of nitrogens with zero attached hydrogens (tertiary/aromatic N) is 2. The zero-order valence-corrected chi connectivity index (χ0v) is 14.2. The summed E-state index contributed by atoms with van der Waals surface area (Å²) in [5.74, 6) is 0. The Kier molecular flexibility index (Phi) is 7.94. The topological polar surface area (TPSA) is 49.9 Å². The average molecular weight is 307 g/mol. The molecule has 20 heavy (non-hydrogen) atoms. The van der Waals surface area contributed by atoms with Gasteiger partial charge in [-0.25, -0.2) is 4.79 Å². The number of hydrogen-bond acceptors (Lipinski definition) is 3. The molecule has 1 saturated heterocycles. The van der Waals surface area contributed by atoms with Crippen LogP contribution in [0.1, 0.15) is 47.5 Å². The average Bonchev–Trinajstić information content (AvgIpc) is 2.38. The van der Waals surface area contributed by atoms with E-state index in [1.54, 1.807) is 11.9 Å². The molecule has 0 aromatic carbocycles. The molecule has 0 bridgehead atoms. The molecule has 0 aromatic heterocycles. The minimum absolute atomic E-state index is 0.105. The normalized spacial score (nSPS) is 16.1. The second kappa shape index (κ2) is 8.35. The maximum atomic E-state index is 11.8. The standard InChI is InChI=1S/C12H21ClN2O3.C2H6/c1-12(2,3)18-11(17)15-7-5-9(6-8-15)14(4)10(13)16;1-2/h9H,5-8H2,1-4H3;1-2H3. The number of carbonyl (C=O) groups excluding carboxylic acids is 2. The first-order chi connectivity index (χ1) is 9.20. The van der Waals surface area contributed by atoms with Crippen molar-refractivity contribution >= 4 is 23.1 Å². The molecule has 1 aliphatic heterocycles. The number of hydrogen-bond donors (Lipinski definition) is 0. The quantitative estimate of drug-likeness (QED) is 0.548. The van der Waals surface area contributed by atoms with Crippen LogP contribution >= 0.6 is 11.6 Å². The SMILES string of the molecule is CC.CN(C(=O)Cl)C1CCN(C(=O)OC(C)(C)C)CC1. The van der Waals surface area contributed by atoms with Crippen molar-refractivity contribution in [2.45, 2.75) is 59.1 Å². The summed E-state index contributed by atoms with van der Waals surface area (Å²) < 4.78 is 5.30. The molecule has 1 rings (SSSR count). The Bertz CT molecular complexity index is 321. The molecule has 0 saturated carbocycles. The van der Waals surface area contributed by atoms with E-state index in [1.807, 2.05) is 34.6 Å². The Morgan fingerprint density at radius 2 is 1.65 bits per heavy atom. The monoisotopic (exact) mass is 306 g/mol. The molecule has 5 nitrogen and oxygen atoms in total. The van der Waals surface area contributed by atoms with Gasteiger partial charge in [0.15, 0.2) is 0 Å². The zero-order valence-electron chi connectivity index (χ0n) is 13.4. The minimum Gasteiger partial charge on any atom is -0.444 e. The number of likely N-dealkylation sites (tertiary alicyclic amines) is 1. The second-order valence-corrected chi connectivity index (χ2v) is 5.89. The molecule has 0 atom stereocenters. The van der Waals surface area contributed by atoms with E-state index >= 15 is 0 Å². The van der Waals surface area contributed by atoms with Crippen LogP contribution in [0.3, 0.4) is 0 Å². The van der Waals surface area contributed by atoms with Crippen molar-refractivity contribution in [3.05, 3.63) is 0 Å². The van der Waals surface area contributed by atoms with E-state index in [1.165, 1.54) is 4.90 Å². The summed E-state index contributed by atoms with van der Waals surface area (Å²) in [6.45, 7) is 10.7. The van der Waals surface area contributed by atoms with Gasteiger partial charge >= 0.3 is 11.5 Å². The van der Waals surface area contributed by atoms with Crippen molar-refractivity contribution < 1.29 is 14.3 Å². The van der Waals surface area contributed by atoms with Crippen LogP contribution in [-0.2, 0) is 4.74 Å². The lowest BCUT2D eigenvalue weighted by Crippen LogP contribution is -2.47. The number of rotatable bonds is 1. The highest BCUT2D eigenvalue weighted by Crippen LogP contribution is 2.19. The predicted octanol–water partition coefficient (Wildman–Crippen LogP) is 3.70. The molecule has 0 radical (unpaired) electrons. The number of halogens is 1. The lowest BCUT2D eigenvalue weighted by molar-refractivity contribution is 0.0175. The molecule has 0 N–H and O–H groups in total. The van der Waals surface area contributed by atoms with Crippen LogP contribution in [0.15, 0.2) is 0 Å². The first kappa shape index (κ1) is 19.0. The van der Waals surface area contributed by atoms with Crippen LogP contribution in [0, 0.1) is 0 Å². The molecule has 1 aliphatic rings. The van der Waals surface area contributed by atoms with E-state index in [4.69, 9.17) is 16.3 Å². The minimum atomic E-state index is -0.475. The molecule has 2 amide bonds. The summed E-state index contributed by atoms with van der Waals surface area (Å²) in [5, 5.41) is -0.453. The van der Waals surface area contributed by atoms with Gasteiger partial charge in [-0.3, -0.25) is 4.79 Å². The van der Waals surface area contributed by atoms with E-state index in [9.17, 15) is 9.59 Å². The fourth-order valence-corrected chi connectivity index (χ4v) is 2.04. The number of ether oxygens (including phenoxy) is 1. The van der Waals surface area contributed by atoms with E-state index in [2.05, 4.69) is 0 Å². The molecule has 6 heteroatoms. The number of amides is 2. The molecule has 0 unspecified atom stereocenters. The van der Waals surface area contributed by atoms with Crippen molar-refractivity contribution in [1.29, 1.82) is 0 Å². The van der Waals surface area contributed by atoms with Crippen LogP contribution in [0.2, 0.25) is 0 Å². The van der Waals surface area contributed by atoms with Gasteiger partial charge in [-0.15, -0.1) is 0 Å². The third-order valence-corrected chi connectivity index (χ3v) is 3.21. The zero-order chi connectivity index (χ0) is 15.9. The van der Waals surface area contributed by atoms with Crippen molar-refractivity contribution in [2.24, 2.45) is 0 Å². The third-order valence-electron chi connectivity index (χ3n) is 2.94. The smallest absolute Gasteiger partial charge is 0.410 e. The highest BCUT2D eigenvalue weighted by Gasteiger charge is 2.29. The second-order valence-electron chi connectivity index (χ2n) is 5.56. The summed E-state index contributed by atoms with van der Waals surface area (Å²) in [7, 11) is 1.68. The fraction of sp³-hybridized carbons (Fsp3) is 0.857. The highest BCUT2D eigenvalue weighted by molar-refractivity contribution is 6.62. The van der Waals surface area contributed by atoms with Gasteiger partial charge in [-0.2, -0.15) is 0 Å². The maximum absolute atomic E-state index is 11.8. The van der Waals surface area contributed by atoms with Gasteiger partial charge in [-0.1, -0.05) is 13.8 Å². The molecular formula is C14H27ClN2O3. The van der Waals surface area contributed by atoms with E-state index < -0.39 is 11.0 Å². The van der Waals surface area contributed by atoms with Crippen LogP contribution in [0.4, 0.5) is 9.59 Å². The lowest BCUT2D eigenvalue weighted by Gasteiger charge is -2.36. The van der Waals surface area contributed by atoms with E-state index in [-0.39, 0.29) is 12.1 Å². The lowest BCUT2D eigenvalue weighted by atomic mass is 10.0. The Morgan fingerprint density at radius 1 is 1.20 bits per heavy atom. The van der Waals surface area contributed by atoms with Gasteiger partial charge in [0.2, 0.25) is 0 Å². The van der Waals surface area contributed by atoms with E-state index in [0.29, 0.717) is 13.1 Å². The molecule has 1 heterocycles. The highest BCUT2D eigenvalue weighted by atomic mass is 35.5. The molecule has 0 aliphatic carbocycles. The van der Waals surface area contributed by atoms with Crippen molar-refractivity contribution in [3.63, 3.8) is 0 Å². The Hall–Kier alpha value is -0.970. The van der Waals surface area contributed by atoms with Gasteiger partial charge in [0.1, 0.15) is 5.60 Å². The van der Waals surface area contributed by atoms with Gasteiger partial charge < -0.3 is 14.5 Å². The molecule has 118 valence electrons. The Labute approximate surface area is 127 Å². The first-order valence-electron chi connectivity index (χ1n) is 7.11. The summed E-state index contributed by atoms with van der Waals surface area (Å²) >= 11 is 5.43. The van der Waals surface area contributed by atoms with Crippen LogP contribution in [-0.4, -0.2) is 53.0 Å². The molecule has 1 fully saturated rings. The van der Waals surface area contributed by atoms with Gasteiger partial charge in [0.05, 0.1) is 0 Å². The van der Waals surface area contributed by atoms with Crippen LogP contribution in [0.5, 0.6) is 0 Å². The van der Waals surface area contributed by atoms with Crippen LogP contribution in [0.25, 0.3) is 0 Å².